The summed E-state index contributed by atoms with van der Waals surface area (Å²) >= 11 is 0. The van der Waals surface area contributed by atoms with Crippen molar-refractivity contribution in [1.82, 2.24) is 4.90 Å². The van der Waals surface area contributed by atoms with Crippen LogP contribution in [-0.4, -0.2) is 42.5 Å². The van der Waals surface area contributed by atoms with Gasteiger partial charge in [-0.1, -0.05) is 12.1 Å². The molecule has 0 aromatic heterocycles. The molecule has 0 bridgehead atoms. The van der Waals surface area contributed by atoms with Gasteiger partial charge in [-0.15, -0.1) is 4.91 Å². The normalized spacial score (nSPS) is 24.6. The van der Waals surface area contributed by atoms with E-state index in [0.717, 1.165) is 6.42 Å². The van der Waals surface area contributed by atoms with E-state index in [-0.39, 0.29) is 19.1 Å². The summed E-state index contributed by atoms with van der Waals surface area (Å²) in [5, 5.41) is 2.74. The maximum absolute atomic E-state index is 11.7. The third-order valence-electron chi connectivity index (χ3n) is 2.56. The van der Waals surface area contributed by atoms with Crippen LogP contribution in [0.25, 0.3) is 0 Å². The van der Waals surface area contributed by atoms with Crippen LogP contribution in [0.2, 0.25) is 0 Å². The fourth-order valence-electron chi connectivity index (χ4n) is 1.83. The Kier molecular flexibility index (Phi) is 4.39. The number of amides is 1. The first-order valence-corrected chi connectivity index (χ1v) is 5.43. The fourth-order valence-corrected chi connectivity index (χ4v) is 1.83. The van der Waals surface area contributed by atoms with Gasteiger partial charge in [0, 0.05) is 13.1 Å². The molecule has 0 aromatic rings. The lowest BCUT2D eigenvalue weighted by molar-refractivity contribution is -0.148. The molecule has 90 valence electrons. The molecule has 1 rings (SSSR count). The Morgan fingerprint density at radius 3 is 2.75 bits per heavy atom. The zero-order valence-electron chi connectivity index (χ0n) is 9.51. The van der Waals surface area contributed by atoms with Crippen molar-refractivity contribution in [2.75, 3.05) is 19.7 Å². The summed E-state index contributed by atoms with van der Waals surface area (Å²) in [5.41, 5.74) is 0. The number of likely N-dealkylation sites (tertiary alicyclic amines) is 1. The van der Waals surface area contributed by atoms with E-state index in [4.69, 9.17) is 4.74 Å². The van der Waals surface area contributed by atoms with Crippen molar-refractivity contribution in [3.63, 3.8) is 0 Å². The molecule has 0 radical (unpaired) electrons. The highest BCUT2D eigenvalue weighted by Gasteiger charge is 2.46. The van der Waals surface area contributed by atoms with Gasteiger partial charge in [0.05, 0.1) is 6.61 Å². The topological polar surface area (TPSA) is 76.0 Å². The van der Waals surface area contributed by atoms with Gasteiger partial charge < -0.3 is 9.64 Å². The summed E-state index contributed by atoms with van der Waals surface area (Å²) in [7, 11) is 0. The van der Waals surface area contributed by atoms with Crippen LogP contribution in [0.4, 0.5) is 0 Å². The molecular weight excluding hydrogens is 212 g/mol. The Balaban J connectivity index is 2.74. The number of rotatable bonds is 5. The van der Waals surface area contributed by atoms with E-state index in [1.807, 2.05) is 6.92 Å². The van der Waals surface area contributed by atoms with Crippen molar-refractivity contribution < 1.29 is 14.3 Å². The van der Waals surface area contributed by atoms with E-state index in [2.05, 4.69) is 5.18 Å². The summed E-state index contributed by atoms with van der Waals surface area (Å²) in [6.45, 7) is 4.63. The zero-order chi connectivity index (χ0) is 12.1. The molecule has 1 fully saturated rings. The average molecular weight is 228 g/mol. The number of carbonyl (C=O) groups excluding carboxylic acids is 2. The van der Waals surface area contributed by atoms with E-state index in [9.17, 15) is 14.5 Å². The first-order valence-electron chi connectivity index (χ1n) is 5.43. The molecule has 6 heteroatoms. The number of carbonyl (C=O) groups is 2. The number of hydrogen-bond donors (Lipinski definition) is 0. The molecule has 6 nitrogen and oxygen atoms in total. The number of hydrogen-bond acceptors (Lipinski definition) is 5. The van der Waals surface area contributed by atoms with Crippen LogP contribution >= 0.6 is 0 Å². The predicted octanol–water partition coefficient (Wildman–Crippen LogP) is 0.553. The smallest absolute Gasteiger partial charge is 0.313 e. The first-order chi connectivity index (χ1) is 7.65. The van der Waals surface area contributed by atoms with Gasteiger partial charge in [0.2, 0.25) is 0 Å². The summed E-state index contributed by atoms with van der Waals surface area (Å²) in [6, 6.07) is -1.11. The number of ether oxygens (including phenoxy) is 1. The molecule has 2 atom stereocenters. The minimum atomic E-state index is -1.11. The second-order valence-electron chi connectivity index (χ2n) is 3.69. The van der Waals surface area contributed by atoms with Gasteiger partial charge in [-0.05, 0) is 13.3 Å². The molecule has 0 spiro atoms. The number of nitroso groups, excluding NO2 is 1. The van der Waals surface area contributed by atoms with Gasteiger partial charge >= 0.3 is 5.97 Å². The van der Waals surface area contributed by atoms with E-state index in [1.54, 1.807) is 6.92 Å². The van der Waals surface area contributed by atoms with Crippen molar-refractivity contribution in [3.05, 3.63) is 4.91 Å². The van der Waals surface area contributed by atoms with Gasteiger partial charge in [0.25, 0.3) is 5.91 Å². The maximum Gasteiger partial charge on any atom is 0.313 e. The van der Waals surface area contributed by atoms with Crippen LogP contribution in [0, 0.1) is 10.8 Å². The second-order valence-corrected chi connectivity index (χ2v) is 3.69. The summed E-state index contributed by atoms with van der Waals surface area (Å²) in [4.78, 5) is 35.3. The van der Waals surface area contributed by atoms with Crippen LogP contribution in [0.15, 0.2) is 5.18 Å². The largest absolute Gasteiger partial charge is 0.466 e. The van der Waals surface area contributed by atoms with Gasteiger partial charge in [0.1, 0.15) is 5.92 Å². The third kappa shape index (κ3) is 2.37. The number of nitrogens with zero attached hydrogens (tertiary/aromatic N) is 2. The van der Waals surface area contributed by atoms with Crippen LogP contribution in [0.1, 0.15) is 20.3 Å². The van der Waals surface area contributed by atoms with Crippen molar-refractivity contribution in [3.8, 4) is 0 Å². The van der Waals surface area contributed by atoms with Crippen molar-refractivity contribution in [1.29, 1.82) is 0 Å². The molecule has 1 aliphatic rings. The third-order valence-corrected chi connectivity index (χ3v) is 2.56. The highest BCUT2D eigenvalue weighted by atomic mass is 16.5. The molecule has 0 saturated carbocycles. The molecule has 1 aliphatic heterocycles. The van der Waals surface area contributed by atoms with E-state index < -0.39 is 17.9 Å². The Morgan fingerprint density at radius 2 is 2.25 bits per heavy atom. The molecule has 1 unspecified atom stereocenters. The monoisotopic (exact) mass is 228 g/mol. The Labute approximate surface area is 93.9 Å². The number of esters is 1. The zero-order valence-corrected chi connectivity index (χ0v) is 9.51. The summed E-state index contributed by atoms with van der Waals surface area (Å²) < 4.78 is 4.82. The van der Waals surface area contributed by atoms with Crippen molar-refractivity contribution in [2.24, 2.45) is 11.1 Å². The molecule has 1 heterocycles. The molecular formula is C10H16N2O4. The van der Waals surface area contributed by atoms with Gasteiger partial charge in [0.15, 0.2) is 6.04 Å². The molecule has 0 N–H and O–H groups in total. The first kappa shape index (κ1) is 12.6. The predicted molar refractivity (Wildman–Crippen MR) is 56.6 cm³/mol. The van der Waals surface area contributed by atoms with Crippen LogP contribution in [-0.2, 0) is 14.3 Å². The second kappa shape index (κ2) is 5.58. The van der Waals surface area contributed by atoms with Crippen LogP contribution in [0.5, 0.6) is 0 Å². The fraction of sp³-hybridized carbons (Fsp3) is 0.800. The molecule has 1 saturated heterocycles. The molecule has 1 amide bonds. The Morgan fingerprint density at radius 1 is 1.56 bits per heavy atom. The van der Waals surface area contributed by atoms with Crippen LogP contribution < -0.4 is 0 Å². The van der Waals surface area contributed by atoms with E-state index in [1.165, 1.54) is 4.90 Å². The van der Waals surface area contributed by atoms with Crippen molar-refractivity contribution in [2.45, 2.75) is 26.3 Å². The Bertz CT molecular complexity index is 293. The molecule has 0 aromatic carbocycles. The van der Waals surface area contributed by atoms with Gasteiger partial charge in [-0.25, -0.2) is 0 Å². The lowest BCUT2D eigenvalue weighted by atomic mass is 10.1. The van der Waals surface area contributed by atoms with E-state index >= 15 is 0 Å². The van der Waals surface area contributed by atoms with Crippen molar-refractivity contribution >= 4 is 11.9 Å². The SMILES string of the molecule is CCCN1CC(C(=O)OCC)[C@@H](N=O)C1=O. The van der Waals surface area contributed by atoms with Gasteiger partial charge in [-0.2, -0.15) is 0 Å². The quantitative estimate of drug-likeness (QED) is 0.508. The lowest BCUT2D eigenvalue weighted by Crippen LogP contribution is -2.30. The highest BCUT2D eigenvalue weighted by Crippen LogP contribution is 2.22. The Hall–Kier alpha value is -1.46. The summed E-state index contributed by atoms with van der Waals surface area (Å²) in [6.07, 6.45) is 0.785. The molecule has 16 heavy (non-hydrogen) atoms. The minimum absolute atomic E-state index is 0.238. The lowest BCUT2D eigenvalue weighted by Gasteiger charge is -2.13. The standard InChI is InChI=1S/C10H16N2O4/c1-3-5-12-6-7(10(14)16-4-2)8(11-15)9(12)13/h7-8H,3-6H2,1-2H3/t7?,8-/m1/s1. The molecule has 0 aliphatic carbocycles. The van der Waals surface area contributed by atoms with Crippen LogP contribution in [0.3, 0.4) is 0 Å². The minimum Gasteiger partial charge on any atom is -0.466 e. The maximum atomic E-state index is 11.7. The highest BCUT2D eigenvalue weighted by molar-refractivity contribution is 5.91. The van der Waals surface area contributed by atoms with Gasteiger partial charge in [-0.3, -0.25) is 9.59 Å². The van der Waals surface area contributed by atoms with E-state index in [0.29, 0.717) is 6.54 Å². The average Bonchev–Trinajstić information content (AvgIpc) is 2.57. The summed E-state index contributed by atoms with van der Waals surface area (Å²) in [5.74, 6) is -1.62.